The van der Waals surface area contributed by atoms with Crippen LogP contribution in [0.2, 0.25) is 0 Å². The molecule has 1 fully saturated rings. The number of halogens is 1. The fraction of sp³-hybridized carbons (Fsp3) is 0.263. The highest BCUT2D eigenvalue weighted by Crippen LogP contribution is 2.22. The molecule has 0 atom stereocenters. The molecule has 138 valence electrons. The number of pyridine rings is 1. The Kier molecular flexibility index (Phi) is 5.04. The molecule has 1 N–H and O–H groups in total. The molecule has 0 radical (unpaired) electrons. The summed E-state index contributed by atoms with van der Waals surface area (Å²) >= 11 is 0. The van der Waals surface area contributed by atoms with Crippen molar-refractivity contribution in [2.75, 3.05) is 41.3 Å². The Bertz CT molecular complexity index is 882. The lowest BCUT2D eigenvalue weighted by atomic mass is 10.2. The fourth-order valence-electron chi connectivity index (χ4n) is 3.08. The zero-order valence-electron chi connectivity index (χ0n) is 14.8. The van der Waals surface area contributed by atoms with E-state index < -0.39 is 0 Å². The Morgan fingerprint density at radius 3 is 2.52 bits per heavy atom. The summed E-state index contributed by atoms with van der Waals surface area (Å²) in [6.45, 7) is 3.47. The molecule has 0 unspecified atom stereocenters. The number of para-hydroxylation sites is 1. The molecule has 0 spiro atoms. The van der Waals surface area contributed by atoms with Crippen molar-refractivity contribution in [3.05, 3.63) is 66.4 Å². The summed E-state index contributed by atoms with van der Waals surface area (Å²) in [6, 6.07) is 12.6. The minimum absolute atomic E-state index is 0.185. The van der Waals surface area contributed by atoms with E-state index in [0.717, 1.165) is 37.7 Å². The van der Waals surface area contributed by atoms with Gasteiger partial charge in [-0.25, -0.2) is 4.39 Å². The molecule has 0 bridgehead atoms. The van der Waals surface area contributed by atoms with Gasteiger partial charge in [-0.2, -0.15) is 10.1 Å². The first-order valence-corrected chi connectivity index (χ1v) is 8.87. The SMILES string of the molecule is Fc1ccccc1N1CCN(c2cnnc(NCc3ccccn3)n2)CC1. The Hall–Kier alpha value is -3.29. The van der Waals surface area contributed by atoms with E-state index in [9.17, 15) is 4.39 Å². The number of nitrogens with zero attached hydrogens (tertiary/aromatic N) is 6. The van der Waals surface area contributed by atoms with Crippen LogP contribution < -0.4 is 15.1 Å². The van der Waals surface area contributed by atoms with Crippen molar-refractivity contribution in [1.29, 1.82) is 0 Å². The van der Waals surface area contributed by atoms with Crippen LogP contribution in [0.1, 0.15) is 5.69 Å². The van der Waals surface area contributed by atoms with Gasteiger partial charge < -0.3 is 15.1 Å². The van der Waals surface area contributed by atoms with Crippen LogP contribution in [0.25, 0.3) is 0 Å². The van der Waals surface area contributed by atoms with Gasteiger partial charge in [0.2, 0.25) is 5.95 Å². The number of piperazine rings is 1. The molecule has 8 heteroatoms. The number of hydrogen-bond acceptors (Lipinski definition) is 7. The lowest BCUT2D eigenvalue weighted by Gasteiger charge is -2.36. The van der Waals surface area contributed by atoms with Crippen molar-refractivity contribution in [2.24, 2.45) is 0 Å². The maximum absolute atomic E-state index is 14.0. The van der Waals surface area contributed by atoms with Crippen LogP contribution in [0.4, 0.5) is 21.8 Å². The minimum Gasteiger partial charge on any atom is -0.366 e. The molecule has 3 aromatic rings. The summed E-state index contributed by atoms with van der Waals surface area (Å²) in [5.41, 5.74) is 1.56. The summed E-state index contributed by atoms with van der Waals surface area (Å²) in [5.74, 6) is 1.05. The van der Waals surface area contributed by atoms with Gasteiger partial charge in [0.15, 0.2) is 5.82 Å². The van der Waals surface area contributed by atoms with Gasteiger partial charge in [0.25, 0.3) is 0 Å². The molecule has 4 rings (SSSR count). The predicted octanol–water partition coefficient (Wildman–Crippen LogP) is 2.34. The summed E-state index contributed by atoms with van der Waals surface area (Å²) < 4.78 is 14.0. The minimum atomic E-state index is -0.185. The average molecular weight is 365 g/mol. The van der Waals surface area contributed by atoms with Crippen LogP contribution in [-0.4, -0.2) is 46.3 Å². The molecule has 1 aliphatic rings. The number of anilines is 3. The maximum Gasteiger partial charge on any atom is 0.245 e. The highest BCUT2D eigenvalue weighted by atomic mass is 19.1. The van der Waals surface area contributed by atoms with Gasteiger partial charge in [-0.05, 0) is 24.3 Å². The Labute approximate surface area is 156 Å². The second-order valence-corrected chi connectivity index (χ2v) is 6.24. The highest BCUT2D eigenvalue weighted by molar-refractivity contribution is 5.50. The Morgan fingerprint density at radius 2 is 1.74 bits per heavy atom. The van der Waals surface area contributed by atoms with Crippen molar-refractivity contribution in [1.82, 2.24) is 20.2 Å². The molecular formula is C19H20FN7. The van der Waals surface area contributed by atoms with Crippen molar-refractivity contribution < 1.29 is 4.39 Å². The van der Waals surface area contributed by atoms with E-state index in [1.165, 1.54) is 6.07 Å². The zero-order valence-corrected chi connectivity index (χ0v) is 14.8. The normalized spacial score (nSPS) is 14.3. The first kappa shape index (κ1) is 17.1. The van der Waals surface area contributed by atoms with Gasteiger partial charge in [0, 0.05) is 32.4 Å². The van der Waals surface area contributed by atoms with Gasteiger partial charge in [0.05, 0.1) is 24.1 Å². The number of nitrogens with one attached hydrogen (secondary N) is 1. The van der Waals surface area contributed by atoms with Crippen LogP contribution in [-0.2, 0) is 6.54 Å². The summed E-state index contributed by atoms with van der Waals surface area (Å²) in [7, 11) is 0. The van der Waals surface area contributed by atoms with Gasteiger partial charge in [-0.1, -0.05) is 18.2 Å². The molecule has 0 saturated carbocycles. The number of rotatable bonds is 5. The lowest BCUT2D eigenvalue weighted by Crippen LogP contribution is -2.47. The first-order valence-electron chi connectivity index (χ1n) is 8.87. The van der Waals surface area contributed by atoms with Crippen molar-refractivity contribution in [3.63, 3.8) is 0 Å². The predicted molar refractivity (Wildman–Crippen MR) is 102 cm³/mol. The van der Waals surface area contributed by atoms with Crippen molar-refractivity contribution in [3.8, 4) is 0 Å². The fourth-order valence-corrected chi connectivity index (χ4v) is 3.08. The van der Waals surface area contributed by atoms with E-state index >= 15 is 0 Å². The molecule has 7 nitrogen and oxygen atoms in total. The van der Waals surface area contributed by atoms with Gasteiger partial charge >= 0.3 is 0 Å². The quantitative estimate of drug-likeness (QED) is 0.744. The number of benzene rings is 1. The molecule has 1 saturated heterocycles. The molecule has 0 amide bonds. The standard InChI is InChI=1S/C19H20FN7/c20-16-6-1-2-7-17(16)26-9-11-27(12-10-26)18-14-23-25-19(24-18)22-13-15-5-3-4-8-21-15/h1-8,14H,9-13H2,(H,22,24,25). The highest BCUT2D eigenvalue weighted by Gasteiger charge is 2.20. The second-order valence-electron chi connectivity index (χ2n) is 6.24. The molecule has 0 aliphatic carbocycles. The van der Waals surface area contributed by atoms with E-state index in [1.807, 2.05) is 30.3 Å². The van der Waals surface area contributed by atoms with Gasteiger partial charge in [0.1, 0.15) is 5.82 Å². The average Bonchev–Trinajstić information content (AvgIpc) is 2.74. The molecule has 27 heavy (non-hydrogen) atoms. The topological polar surface area (TPSA) is 70.1 Å². The van der Waals surface area contributed by atoms with Crippen LogP contribution in [0.3, 0.4) is 0 Å². The first-order chi connectivity index (χ1) is 13.3. The van der Waals surface area contributed by atoms with Crippen LogP contribution in [0.5, 0.6) is 0 Å². The van der Waals surface area contributed by atoms with E-state index in [2.05, 4.69) is 35.3 Å². The van der Waals surface area contributed by atoms with Gasteiger partial charge in [-0.3, -0.25) is 4.98 Å². The third kappa shape index (κ3) is 4.11. The van der Waals surface area contributed by atoms with E-state index in [4.69, 9.17) is 0 Å². The van der Waals surface area contributed by atoms with Crippen molar-refractivity contribution in [2.45, 2.75) is 6.54 Å². The smallest absolute Gasteiger partial charge is 0.245 e. The summed E-state index contributed by atoms with van der Waals surface area (Å²) in [6.07, 6.45) is 3.41. The van der Waals surface area contributed by atoms with Crippen molar-refractivity contribution >= 4 is 17.5 Å². The maximum atomic E-state index is 14.0. The van der Waals surface area contributed by atoms with E-state index in [0.29, 0.717) is 18.2 Å². The molecule has 1 aliphatic heterocycles. The van der Waals surface area contributed by atoms with Gasteiger partial charge in [-0.15, -0.1) is 5.10 Å². The van der Waals surface area contributed by atoms with Crippen LogP contribution >= 0.6 is 0 Å². The molecule has 1 aromatic carbocycles. The van der Waals surface area contributed by atoms with E-state index in [1.54, 1.807) is 18.5 Å². The summed E-state index contributed by atoms with van der Waals surface area (Å²) in [4.78, 5) is 13.0. The molecule has 2 aromatic heterocycles. The monoisotopic (exact) mass is 365 g/mol. The Morgan fingerprint density at radius 1 is 0.963 bits per heavy atom. The number of aromatic nitrogens is 4. The van der Waals surface area contributed by atoms with Crippen LogP contribution in [0, 0.1) is 5.82 Å². The molecular weight excluding hydrogens is 345 g/mol. The summed E-state index contributed by atoms with van der Waals surface area (Å²) in [5, 5.41) is 11.2. The Balaban J connectivity index is 1.38. The van der Waals surface area contributed by atoms with E-state index in [-0.39, 0.29) is 5.82 Å². The second kappa shape index (κ2) is 7.94. The lowest BCUT2D eigenvalue weighted by molar-refractivity contribution is 0.595. The zero-order chi connectivity index (χ0) is 18.5. The molecule has 3 heterocycles. The van der Waals surface area contributed by atoms with Crippen LogP contribution in [0.15, 0.2) is 54.9 Å². The third-order valence-electron chi connectivity index (χ3n) is 4.50. The third-order valence-corrected chi connectivity index (χ3v) is 4.50. The number of hydrogen-bond donors (Lipinski definition) is 1. The largest absolute Gasteiger partial charge is 0.366 e.